The molecular weight excluding hydrogens is 194 g/mol. The third-order valence-electron chi connectivity index (χ3n) is 1.46. The third-order valence-corrected chi connectivity index (χ3v) is 1.97. The molecule has 1 aliphatic heterocycles. The number of pyridine rings is 1. The second kappa shape index (κ2) is 2.23. The van der Waals surface area contributed by atoms with Gasteiger partial charge in [-0.15, -0.1) is 0 Å². The van der Waals surface area contributed by atoms with E-state index in [1.807, 2.05) is 12.1 Å². The maximum atomic E-state index is 5.36. The molecule has 0 radical (unpaired) electrons. The predicted molar refractivity (Wildman–Crippen MR) is 41.3 cm³/mol. The third kappa shape index (κ3) is 0.904. The minimum atomic E-state index is 0.123. The summed E-state index contributed by atoms with van der Waals surface area (Å²) in [6.45, 7) is 0. The molecular formula is C7H6BrNO. The molecule has 0 saturated carbocycles. The van der Waals surface area contributed by atoms with Crippen molar-refractivity contribution in [3.8, 4) is 5.75 Å². The van der Waals surface area contributed by atoms with E-state index in [9.17, 15) is 0 Å². The molecule has 1 atom stereocenters. The number of aromatic nitrogens is 1. The lowest BCUT2D eigenvalue weighted by molar-refractivity contribution is 0.330. The predicted octanol–water partition coefficient (Wildman–Crippen LogP) is 1.74. The molecule has 1 aliphatic rings. The van der Waals surface area contributed by atoms with E-state index < -0.39 is 0 Å². The van der Waals surface area contributed by atoms with Crippen LogP contribution < -0.4 is 4.74 Å². The number of hydrogen-bond donors (Lipinski definition) is 0. The van der Waals surface area contributed by atoms with E-state index in [0.717, 1.165) is 17.9 Å². The van der Waals surface area contributed by atoms with Crippen LogP contribution >= 0.6 is 15.9 Å². The van der Waals surface area contributed by atoms with Crippen LogP contribution in [-0.4, -0.2) is 10.00 Å². The Balaban J connectivity index is 2.42. The van der Waals surface area contributed by atoms with Gasteiger partial charge >= 0.3 is 0 Å². The fourth-order valence-corrected chi connectivity index (χ4v) is 1.52. The smallest absolute Gasteiger partial charge is 0.159 e. The summed E-state index contributed by atoms with van der Waals surface area (Å²) >= 11 is 3.36. The Kier molecular flexibility index (Phi) is 1.38. The summed E-state index contributed by atoms with van der Waals surface area (Å²) in [7, 11) is 0. The maximum Gasteiger partial charge on any atom is 0.159 e. The van der Waals surface area contributed by atoms with Gasteiger partial charge in [0.2, 0.25) is 0 Å². The zero-order chi connectivity index (χ0) is 6.97. The number of rotatable bonds is 0. The Morgan fingerprint density at radius 3 is 3.40 bits per heavy atom. The Morgan fingerprint density at radius 2 is 2.60 bits per heavy atom. The molecule has 2 nitrogen and oxygen atoms in total. The van der Waals surface area contributed by atoms with Gasteiger partial charge in [-0.2, -0.15) is 0 Å². The first-order valence-electron chi connectivity index (χ1n) is 3.11. The highest BCUT2D eigenvalue weighted by Crippen LogP contribution is 2.28. The van der Waals surface area contributed by atoms with Crippen LogP contribution in [0.2, 0.25) is 0 Å². The molecule has 0 spiro atoms. The highest BCUT2D eigenvalue weighted by Gasteiger charge is 2.19. The zero-order valence-electron chi connectivity index (χ0n) is 5.25. The molecule has 1 aromatic heterocycles. The van der Waals surface area contributed by atoms with E-state index in [1.165, 1.54) is 0 Å². The molecule has 0 fully saturated rings. The van der Waals surface area contributed by atoms with Crippen molar-refractivity contribution in [3.05, 3.63) is 24.0 Å². The number of nitrogens with zero attached hydrogens (tertiary/aromatic N) is 1. The summed E-state index contributed by atoms with van der Waals surface area (Å²) in [5.41, 5.74) is 1.05. The first-order chi connectivity index (χ1) is 4.86. The molecule has 2 heterocycles. The molecule has 10 heavy (non-hydrogen) atoms. The minimum absolute atomic E-state index is 0.123. The van der Waals surface area contributed by atoms with Crippen molar-refractivity contribution in [3.63, 3.8) is 0 Å². The van der Waals surface area contributed by atoms with Gasteiger partial charge < -0.3 is 4.74 Å². The lowest BCUT2D eigenvalue weighted by atomic mass is 10.3. The summed E-state index contributed by atoms with van der Waals surface area (Å²) in [5, 5.41) is 0.123. The van der Waals surface area contributed by atoms with Gasteiger partial charge in [-0.1, -0.05) is 0 Å². The summed E-state index contributed by atoms with van der Waals surface area (Å²) < 4.78 is 5.36. The normalized spacial score (nSPS) is 21.9. The van der Waals surface area contributed by atoms with Crippen LogP contribution in [0.15, 0.2) is 18.3 Å². The van der Waals surface area contributed by atoms with Crippen LogP contribution in [0.25, 0.3) is 0 Å². The standard InChI is InChI=1S/C7H6BrNO/c8-7-4-5-6(10-7)2-1-3-9-5/h1-3,7H,4H2. The van der Waals surface area contributed by atoms with Crippen molar-refractivity contribution < 1.29 is 4.74 Å². The average Bonchev–Trinajstić information content (AvgIpc) is 2.27. The van der Waals surface area contributed by atoms with Gasteiger partial charge in [-0.25, -0.2) is 0 Å². The minimum Gasteiger partial charge on any atom is -0.477 e. The van der Waals surface area contributed by atoms with Crippen molar-refractivity contribution in [1.82, 2.24) is 4.98 Å². The molecule has 0 N–H and O–H groups in total. The van der Waals surface area contributed by atoms with Crippen LogP contribution in [0.4, 0.5) is 0 Å². The van der Waals surface area contributed by atoms with Crippen LogP contribution in [0.1, 0.15) is 5.69 Å². The molecule has 1 unspecified atom stereocenters. The van der Waals surface area contributed by atoms with Crippen molar-refractivity contribution in [2.24, 2.45) is 0 Å². The molecule has 0 aromatic carbocycles. The fourth-order valence-electron chi connectivity index (χ4n) is 1.02. The summed E-state index contributed by atoms with van der Waals surface area (Å²) in [4.78, 5) is 4.15. The lowest BCUT2D eigenvalue weighted by Gasteiger charge is -1.98. The zero-order valence-corrected chi connectivity index (χ0v) is 6.84. The Hall–Kier alpha value is -0.570. The van der Waals surface area contributed by atoms with Crippen molar-refractivity contribution >= 4 is 15.9 Å². The van der Waals surface area contributed by atoms with Crippen molar-refractivity contribution in [1.29, 1.82) is 0 Å². The monoisotopic (exact) mass is 199 g/mol. The summed E-state index contributed by atoms with van der Waals surface area (Å²) in [6.07, 6.45) is 2.66. The molecule has 52 valence electrons. The van der Waals surface area contributed by atoms with Gasteiger partial charge in [0.1, 0.15) is 5.75 Å². The van der Waals surface area contributed by atoms with Crippen LogP contribution in [0, 0.1) is 0 Å². The molecule has 0 amide bonds. The van der Waals surface area contributed by atoms with Gasteiger partial charge in [0, 0.05) is 12.6 Å². The number of ether oxygens (including phenoxy) is 1. The first-order valence-corrected chi connectivity index (χ1v) is 4.02. The molecule has 0 aliphatic carbocycles. The van der Waals surface area contributed by atoms with Gasteiger partial charge in [0.25, 0.3) is 0 Å². The second-order valence-electron chi connectivity index (χ2n) is 2.18. The topological polar surface area (TPSA) is 22.1 Å². The maximum absolute atomic E-state index is 5.36. The van der Waals surface area contributed by atoms with E-state index in [4.69, 9.17) is 4.74 Å². The number of alkyl halides is 1. The summed E-state index contributed by atoms with van der Waals surface area (Å²) in [5.74, 6) is 0.907. The van der Waals surface area contributed by atoms with Crippen molar-refractivity contribution in [2.45, 2.75) is 11.4 Å². The van der Waals surface area contributed by atoms with Gasteiger partial charge in [-0.05, 0) is 28.1 Å². The Morgan fingerprint density at radius 1 is 1.70 bits per heavy atom. The van der Waals surface area contributed by atoms with E-state index >= 15 is 0 Å². The lowest BCUT2D eigenvalue weighted by Crippen LogP contribution is -2.00. The molecule has 1 aromatic rings. The summed E-state index contributed by atoms with van der Waals surface area (Å²) in [6, 6.07) is 3.81. The van der Waals surface area contributed by atoms with Crippen molar-refractivity contribution in [2.75, 3.05) is 0 Å². The highest BCUT2D eigenvalue weighted by atomic mass is 79.9. The largest absolute Gasteiger partial charge is 0.477 e. The molecule has 2 rings (SSSR count). The van der Waals surface area contributed by atoms with Gasteiger partial charge in [0.05, 0.1) is 5.69 Å². The van der Waals surface area contributed by atoms with Crippen LogP contribution in [-0.2, 0) is 6.42 Å². The SMILES string of the molecule is BrC1Cc2ncccc2O1. The van der Waals surface area contributed by atoms with E-state index in [-0.39, 0.29) is 5.01 Å². The number of hydrogen-bond acceptors (Lipinski definition) is 2. The fraction of sp³-hybridized carbons (Fsp3) is 0.286. The second-order valence-corrected chi connectivity index (χ2v) is 3.20. The van der Waals surface area contributed by atoms with Gasteiger partial charge in [-0.3, -0.25) is 4.98 Å². The highest BCUT2D eigenvalue weighted by molar-refractivity contribution is 9.09. The van der Waals surface area contributed by atoms with Crippen LogP contribution in [0.3, 0.4) is 0 Å². The molecule has 0 bridgehead atoms. The van der Waals surface area contributed by atoms with E-state index in [2.05, 4.69) is 20.9 Å². The Labute approximate surface area is 67.4 Å². The number of halogens is 1. The van der Waals surface area contributed by atoms with Crippen LogP contribution in [0.5, 0.6) is 5.75 Å². The quantitative estimate of drug-likeness (QED) is 0.595. The van der Waals surface area contributed by atoms with Gasteiger partial charge in [0.15, 0.2) is 5.01 Å². The Bertz CT molecular complexity index is 226. The number of fused-ring (bicyclic) bond motifs is 1. The molecule has 3 heteroatoms. The molecule has 0 saturated heterocycles. The first kappa shape index (κ1) is 6.16. The van der Waals surface area contributed by atoms with E-state index in [1.54, 1.807) is 6.20 Å². The van der Waals surface area contributed by atoms with E-state index in [0.29, 0.717) is 0 Å². The average molecular weight is 200 g/mol.